The molecule has 9 nitrogen and oxygen atoms in total. The van der Waals surface area contributed by atoms with Gasteiger partial charge in [0.25, 0.3) is 0 Å². The molecule has 0 spiro atoms. The number of azide groups is 2. The Morgan fingerprint density at radius 3 is 2.33 bits per heavy atom. The van der Waals surface area contributed by atoms with E-state index in [-0.39, 0.29) is 0 Å². The van der Waals surface area contributed by atoms with Crippen molar-refractivity contribution in [2.75, 3.05) is 52.4 Å². The molecule has 2 aliphatic rings. The Morgan fingerprint density at radius 1 is 1.17 bits per heavy atom. The lowest BCUT2D eigenvalue weighted by molar-refractivity contribution is 0.0552. The second-order valence-corrected chi connectivity index (χ2v) is 6.63. The molecule has 0 radical (unpaired) electrons. The molecular formula is C15H25N9. The summed E-state index contributed by atoms with van der Waals surface area (Å²) in [4.78, 5) is 10.4. The summed E-state index contributed by atoms with van der Waals surface area (Å²) in [5.74, 6) is 0. The number of dihydropyridines is 1. The molecule has 130 valence electrons. The molecule has 0 aromatic rings. The fraction of sp³-hybridized carbons (Fsp3) is 0.733. The quantitative estimate of drug-likeness (QED) is 0.438. The van der Waals surface area contributed by atoms with Gasteiger partial charge in [0.2, 0.25) is 0 Å². The van der Waals surface area contributed by atoms with Gasteiger partial charge in [-0.25, -0.2) is 0 Å². The van der Waals surface area contributed by atoms with Crippen LogP contribution in [-0.2, 0) is 0 Å². The monoisotopic (exact) mass is 331 g/mol. The molecule has 0 aliphatic carbocycles. The molecule has 2 aliphatic heterocycles. The maximum Gasteiger partial charge on any atom is 0.0441 e. The number of nitrogens with one attached hydrogen (secondary N) is 1. The van der Waals surface area contributed by atoms with Crippen molar-refractivity contribution in [1.29, 1.82) is 0 Å². The zero-order valence-electron chi connectivity index (χ0n) is 14.4. The van der Waals surface area contributed by atoms with E-state index < -0.39 is 5.54 Å². The van der Waals surface area contributed by atoms with Gasteiger partial charge in [0, 0.05) is 73.9 Å². The van der Waals surface area contributed by atoms with Crippen molar-refractivity contribution in [3.8, 4) is 0 Å². The summed E-state index contributed by atoms with van der Waals surface area (Å²) >= 11 is 0. The summed E-state index contributed by atoms with van der Waals surface area (Å²) in [6, 6.07) is 0. The SMILES string of the molecule is CC1=CC(CN2CCN(C(C)(CN=[N+]=[N-])CN=[N+]=[N-])CC2)=CNC1. The average molecular weight is 331 g/mol. The van der Waals surface area contributed by atoms with Crippen LogP contribution in [0.15, 0.2) is 33.7 Å². The third-order valence-corrected chi connectivity index (χ3v) is 4.59. The predicted molar refractivity (Wildman–Crippen MR) is 94.3 cm³/mol. The maximum absolute atomic E-state index is 8.61. The van der Waals surface area contributed by atoms with E-state index in [4.69, 9.17) is 11.1 Å². The van der Waals surface area contributed by atoms with Crippen molar-refractivity contribution >= 4 is 0 Å². The topological polar surface area (TPSA) is 116 Å². The molecule has 0 saturated carbocycles. The Labute approximate surface area is 142 Å². The molecule has 2 rings (SSSR count). The van der Waals surface area contributed by atoms with Gasteiger partial charge in [0.1, 0.15) is 0 Å². The fourth-order valence-electron chi connectivity index (χ4n) is 3.17. The molecule has 0 amide bonds. The largest absolute Gasteiger partial charge is 0.387 e. The van der Waals surface area contributed by atoms with Gasteiger partial charge in [-0.2, -0.15) is 0 Å². The molecule has 0 atom stereocenters. The lowest BCUT2D eigenvalue weighted by atomic mass is 9.99. The van der Waals surface area contributed by atoms with Crippen molar-refractivity contribution in [2.24, 2.45) is 10.2 Å². The molecule has 1 N–H and O–H groups in total. The smallest absolute Gasteiger partial charge is 0.0441 e. The summed E-state index contributed by atoms with van der Waals surface area (Å²) in [5.41, 5.74) is 19.4. The molecule has 2 heterocycles. The minimum atomic E-state index is -0.424. The van der Waals surface area contributed by atoms with E-state index in [0.29, 0.717) is 13.1 Å². The van der Waals surface area contributed by atoms with Gasteiger partial charge in [-0.15, -0.1) is 0 Å². The van der Waals surface area contributed by atoms with Gasteiger partial charge in [-0.3, -0.25) is 9.80 Å². The zero-order valence-corrected chi connectivity index (χ0v) is 14.4. The second kappa shape index (κ2) is 8.61. The minimum absolute atomic E-state index is 0.305. The maximum atomic E-state index is 8.61. The summed E-state index contributed by atoms with van der Waals surface area (Å²) in [5, 5.41) is 10.7. The molecule has 1 fully saturated rings. The van der Waals surface area contributed by atoms with Crippen LogP contribution in [0.25, 0.3) is 20.9 Å². The third-order valence-electron chi connectivity index (χ3n) is 4.59. The van der Waals surface area contributed by atoms with Crippen molar-refractivity contribution in [3.63, 3.8) is 0 Å². The number of rotatable bonds is 7. The highest BCUT2D eigenvalue weighted by molar-refractivity contribution is 5.28. The van der Waals surface area contributed by atoms with E-state index in [2.05, 4.69) is 54.4 Å². The first kappa shape index (κ1) is 18.2. The van der Waals surface area contributed by atoms with E-state index in [1.54, 1.807) is 0 Å². The molecule has 9 heteroatoms. The predicted octanol–water partition coefficient (Wildman–Crippen LogP) is 2.42. The van der Waals surface area contributed by atoms with Gasteiger partial charge in [-0.05, 0) is 30.5 Å². The summed E-state index contributed by atoms with van der Waals surface area (Å²) in [7, 11) is 0. The van der Waals surface area contributed by atoms with Gasteiger partial charge in [-0.1, -0.05) is 21.9 Å². The number of hydrogen-bond donors (Lipinski definition) is 1. The molecule has 0 aromatic carbocycles. The van der Waals surface area contributed by atoms with Gasteiger partial charge >= 0.3 is 0 Å². The average Bonchev–Trinajstić information content (AvgIpc) is 2.59. The highest BCUT2D eigenvalue weighted by Crippen LogP contribution is 2.20. The fourth-order valence-corrected chi connectivity index (χ4v) is 3.17. The molecule has 0 unspecified atom stereocenters. The van der Waals surface area contributed by atoms with E-state index in [1.165, 1.54) is 11.1 Å². The first-order valence-corrected chi connectivity index (χ1v) is 8.16. The van der Waals surface area contributed by atoms with Crippen molar-refractivity contribution < 1.29 is 0 Å². The summed E-state index contributed by atoms with van der Waals surface area (Å²) in [6.07, 6.45) is 4.34. The molecular weight excluding hydrogens is 306 g/mol. The van der Waals surface area contributed by atoms with Crippen LogP contribution in [0.1, 0.15) is 13.8 Å². The van der Waals surface area contributed by atoms with Crippen molar-refractivity contribution in [3.05, 3.63) is 44.3 Å². The number of piperazine rings is 1. The van der Waals surface area contributed by atoms with Crippen LogP contribution in [0.5, 0.6) is 0 Å². The Morgan fingerprint density at radius 2 is 1.79 bits per heavy atom. The van der Waals surface area contributed by atoms with E-state index in [9.17, 15) is 0 Å². The zero-order chi connectivity index (χ0) is 17.4. The third kappa shape index (κ3) is 4.91. The molecule has 1 saturated heterocycles. The van der Waals surface area contributed by atoms with Crippen LogP contribution in [0.3, 0.4) is 0 Å². The first-order valence-electron chi connectivity index (χ1n) is 8.16. The number of nitrogens with zero attached hydrogens (tertiary/aromatic N) is 8. The van der Waals surface area contributed by atoms with Crippen molar-refractivity contribution in [2.45, 2.75) is 19.4 Å². The van der Waals surface area contributed by atoms with Crippen LogP contribution in [0, 0.1) is 0 Å². The summed E-state index contributed by atoms with van der Waals surface area (Å²) < 4.78 is 0. The van der Waals surface area contributed by atoms with Crippen LogP contribution in [-0.4, -0.2) is 67.7 Å². The lowest BCUT2D eigenvalue weighted by Crippen LogP contribution is -2.58. The van der Waals surface area contributed by atoms with Gasteiger partial charge < -0.3 is 5.32 Å². The van der Waals surface area contributed by atoms with Crippen molar-refractivity contribution in [1.82, 2.24) is 15.1 Å². The van der Waals surface area contributed by atoms with Crippen LogP contribution in [0.2, 0.25) is 0 Å². The Hall–Kier alpha value is -2.18. The minimum Gasteiger partial charge on any atom is -0.387 e. The molecule has 0 bridgehead atoms. The van der Waals surface area contributed by atoms with E-state index in [1.807, 2.05) is 6.92 Å². The van der Waals surface area contributed by atoms with E-state index >= 15 is 0 Å². The van der Waals surface area contributed by atoms with Gasteiger partial charge in [0.05, 0.1) is 0 Å². The van der Waals surface area contributed by atoms with E-state index in [0.717, 1.165) is 39.3 Å². The Balaban J connectivity index is 1.93. The van der Waals surface area contributed by atoms with Gasteiger partial charge in [0.15, 0.2) is 0 Å². The number of hydrogen-bond acceptors (Lipinski definition) is 5. The lowest BCUT2D eigenvalue weighted by Gasteiger charge is -2.45. The standard InChI is InChI=1S/C15H25N9/c1-13-7-14(9-18-8-13)10-23-3-5-24(6-4-23)15(2,11-19-21-16)12-20-22-17/h7,9,18H,3-6,8,10-12H2,1-2H3. The van der Waals surface area contributed by atoms with Crippen LogP contribution in [0.4, 0.5) is 0 Å². The Bertz CT molecular complexity index is 568. The highest BCUT2D eigenvalue weighted by Gasteiger charge is 2.33. The normalized spacial score (nSPS) is 21.4. The second-order valence-electron chi connectivity index (χ2n) is 6.63. The highest BCUT2D eigenvalue weighted by atomic mass is 15.3. The molecule has 0 aromatic heterocycles. The summed E-state index contributed by atoms with van der Waals surface area (Å²) in [6.45, 7) is 10.2. The Kier molecular flexibility index (Phi) is 6.52. The molecule has 24 heavy (non-hydrogen) atoms. The van der Waals surface area contributed by atoms with Crippen LogP contribution >= 0.6 is 0 Å². The van der Waals surface area contributed by atoms with Crippen LogP contribution < -0.4 is 5.32 Å². The first-order chi connectivity index (χ1) is 11.6.